The van der Waals surface area contributed by atoms with Crippen LogP contribution in [0.2, 0.25) is 0 Å². The van der Waals surface area contributed by atoms with E-state index in [2.05, 4.69) is 63.8 Å². The minimum Gasteiger partial charge on any atom is -0.353 e. The first-order chi connectivity index (χ1) is 15.9. The zero-order valence-electron chi connectivity index (χ0n) is 19.1. The van der Waals surface area contributed by atoms with E-state index in [4.69, 9.17) is 4.99 Å². The molecule has 7 aliphatic rings. The minimum absolute atomic E-state index is 0.333. The van der Waals surface area contributed by atoms with Crippen molar-refractivity contribution >= 4 is 6.34 Å². The van der Waals surface area contributed by atoms with Crippen molar-refractivity contribution in [1.29, 1.82) is 0 Å². The lowest BCUT2D eigenvalue weighted by Crippen LogP contribution is -2.75. The lowest BCUT2D eigenvalue weighted by molar-refractivity contribution is -0.337. The molecule has 0 aromatic carbocycles. The summed E-state index contributed by atoms with van der Waals surface area (Å²) in [5.74, 6) is 1.03. The van der Waals surface area contributed by atoms with Gasteiger partial charge in [-0.25, -0.2) is 10.0 Å². The van der Waals surface area contributed by atoms with E-state index in [0.29, 0.717) is 0 Å². The number of rotatable bonds is 6. The Morgan fingerprint density at radius 1 is 0.875 bits per heavy atom. The van der Waals surface area contributed by atoms with Crippen LogP contribution in [-0.2, 0) is 0 Å². The highest BCUT2D eigenvalue weighted by Crippen LogP contribution is 2.51. The molecule has 10 nitrogen and oxygen atoms in total. The lowest BCUT2D eigenvalue weighted by Gasteiger charge is -2.56. The van der Waals surface area contributed by atoms with E-state index in [1.807, 2.05) is 0 Å². The van der Waals surface area contributed by atoms with E-state index in [0.717, 1.165) is 85.1 Å². The summed E-state index contributed by atoms with van der Waals surface area (Å²) in [5, 5.41) is 14.1. The van der Waals surface area contributed by atoms with Gasteiger partial charge in [-0.05, 0) is 25.7 Å². The van der Waals surface area contributed by atoms with E-state index in [9.17, 15) is 0 Å². The minimum atomic E-state index is -0.333. The summed E-state index contributed by atoms with van der Waals surface area (Å²) in [5.41, 5.74) is 1.44. The van der Waals surface area contributed by atoms with Gasteiger partial charge < -0.3 is 14.7 Å². The van der Waals surface area contributed by atoms with Crippen molar-refractivity contribution < 1.29 is 0 Å². The number of nitrogens with one attached hydrogen (secondary N) is 1. The fourth-order valence-corrected chi connectivity index (χ4v) is 6.17. The molecule has 0 amide bonds. The Balaban J connectivity index is 1.46. The number of nitrogens with zero attached hydrogens (tertiary/aromatic N) is 9. The van der Waals surface area contributed by atoms with Crippen LogP contribution in [0, 0.1) is 0 Å². The van der Waals surface area contributed by atoms with Crippen molar-refractivity contribution in [3.63, 3.8) is 0 Å². The first-order valence-corrected chi connectivity index (χ1v) is 12.6. The van der Waals surface area contributed by atoms with Gasteiger partial charge in [0.25, 0.3) is 0 Å². The molecule has 0 aromatic rings. The molecule has 0 aliphatic carbocycles. The first kappa shape index (κ1) is 19.6. The highest BCUT2D eigenvalue weighted by molar-refractivity contribution is 5.60. The molecular weight excluding hydrogens is 404 g/mol. The number of hydrazine groups is 3. The Kier molecular flexibility index (Phi) is 4.65. The summed E-state index contributed by atoms with van der Waals surface area (Å²) in [7, 11) is 0. The molecule has 0 spiro atoms. The molecular formula is C22H36N10. The highest BCUT2D eigenvalue weighted by Gasteiger charge is 2.67. The van der Waals surface area contributed by atoms with E-state index in [1.165, 1.54) is 30.8 Å². The topological polar surface area (TPSA) is 50.1 Å². The number of hydrogen-bond acceptors (Lipinski definition) is 10. The Hall–Kier alpha value is -1.85. The zero-order chi connectivity index (χ0) is 21.1. The maximum Gasteiger partial charge on any atom is 0.231 e. The number of hydrogen-bond donors (Lipinski definition) is 1. The molecule has 7 heterocycles. The lowest BCUT2D eigenvalue weighted by atomic mass is 10.1. The van der Waals surface area contributed by atoms with Crippen molar-refractivity contribution in [2.24, 2.45) is 4.99 Å². The second-order valence-electron chi connectivity index (χ2n) is 9.84. The predicted molar refractivity (Wildman–Crippen MR) is 122 cm³/mol. The molecule has 4 saturated heterocycles. The third-order valence-electron chi connectivity index (χ3n) is 7.88. The standard InChI is InChI=1S/C22H36N10/c1-2-9-25(8-1)21-20(26-14-6-23-18-26)22(27-16-17-27,28-15-7-24-19-28)32(30-12-5-13-30)31(21)29-10-3-4-11-29/h1,8,19,23H,2-7,9-18H2. The fourth-order valence-electron chi connectivity index (χ4n) is 6.17. The third kappa shape index (κ3) is 2.73. The summed E-state index contributed by atoms with van der Waals surface area (Å²) in [4.78, 5) is 15.1. The van der Waals surface area contributed by atoms with Crippen molar-refractivity contribution in [1.82, 2.24) is 45.2 Å². The summed E-state index contributed by atoms with van der Waals surface area (Å²) < 4.78 is 0. The molecule has 1 unspecified atom stereocenters. The van der Waals surface area contributed by atoms with Crippen LogP contribution < -0.4 is 5.32 Å². The maximum atomic E-state index is 4.72. The molecule has 1 N–H and O–H groups in total. The van der Waals surface area contributed by atoms with Crippen molar-refractivity contribution in [3.05, 3.63) is 23.8 Å². The SMILES string of the molecule is C1=CN(C2=C(N3CCNC3)C(N3C=NCC3)(N3CC3)N(N3CCC3)N2N2CCCC2)CC1. The van der Waals surface area contributed by atoms with Gasteiger partial charge in [-0.3, -0.25) is 15.2 Å². The summed E-state index contributed by atoms with van der Waals surface area (Å²) in [6.07, 6.45) is 11.7. The van der Waals surface area contributed by atoms with Gasteiger partial charge >= 0.3 is 0 Å². The Labute approximate surface area is 190 Å². The monoisotopic (exact) mass is 440 g/mol. The highest BCUT2D eigenvalue weighted by atomic mass is 16.1. The van der Waals surface area contributed by atoms with Gasteiger partial charge in [0.05, 0.1) is 19.6 Å². The Morgan fingerprint density at radius 2 is 1.72 bits per heavy atom. The van der Waals surface area contributed by atoms with Crippen LogP contribution in [0.5, 0.6) is 0 Å². The fraction of sp³-hybridized carbons (Fsp3) is 0.773. The van der Waals surface area contributed by atoms with Gasteiger partial charge in [0, 0.05) is 71.6 Å². The van der Waals surface area contributed by atoms with Crippen LogP contribution in [0.3, 0.4) is 0 Å². The van der Waals surface area contributed by atoms with Gasteiger partial charge in [0.1, 0.15) is 5.70 Å². The quantitative estimate of drug-likeness (QED) is 0.562. The van der Waals surface area contributed by atoms with Crippen LogP contribution >= 0.6 is 0 Å². The average molecular weight is 441 g/mol. The van der Waals surface area contributed by atoms with Gasteiger partial charge in [-0.2, -0.15) is 5.12 Å². The molecule has 1 atom stereocenters. The van der Waals surface area contributed by atoms with Gasteiger partial charge in [-0.1, -0.05) is 11.2 Å². The van der Waals surface area contributed by atoms with Gasteiger partial charge in [0.2, 0.25) is 5.79 Å². The summed E-state index contributed by atoms with van der Waals surface area (Å²) >= 11 is 0. The second-order valence-corrected chi connectivity index (χ2v) is 9.84. The summed E-state index contributed by atoms with van der Waals surface area (Å²) in [6, 6.07) is 0. The summed E-state index contributed by atoms with van der Waals surface area (Å²) in [6.45, 7) is 12.7. The average Bonchev–Trinajstić information content (AvgIpc) is 3.38. The van der Waals surface area contributed by atoms with Crippen molar-refractivity contribution in [3.8, 4) is 0 Å². The largest absolute Gasteiger partial charge is 0.353 e. The normalized spacial score (nSPS) is 34.2. The van der Waals surface area contributed by atoms with Crippen LogP contribution in [0.15, 0.2) is 28.8 Å². The van der Waals surface area contributed by atoms with Gasteiger partial charge in [-0.15, -0.1) is 0 Å². The smallest absolute Gasteiger partial charge is 0.231 e. The first-order valence-electron chi connectivity index (χ1n) is 12.6. The molecule has 0 aromatic heterocycles. The molecule has 7 aliphatic heterocycles. The second kappa shape index (κ2) is 7.59. The van der Waals surface area contributed by atoms with Crippen molar-refractivity contribution in [2.45, 2.75) is 31.5 Å². The molecule has 174 valence electrons. The van der Waals surface area contributed by atoms with E-state index >= 15 is 0 Å². The van der Waals surface area contributed by atoms with E-state index in [1.54, 1.807) is 0 Å². The number of aliphatic imine (C=N–C) groups is 1. The predicted octanol–water partition coefficient (Wildman–Crippen LogP) is -0.285. The molecule has 32 heavy (non-hydrogen) atoms. The third-order valence-corrected chi connectivity index (χ3v) is 7.88. The molecule has 4 fully saturated rings. The maximum absolute atomic E-state index is 4.72. The van der Waals surface area contributed by atoms with Crippen LogP contribution in [0.1, 0.15) is 25.7 Å². The Morgan fingerprint density at radius 3 is 2.31 bits per heavy atom. The van der Waals surface area contributed by atoms with E-state index < -0.39 is 0 Å². The van der Waals surface area contributed by atoms with Crippen LogP contribution in [-0.4, -0.2) is 131 Å². The molecule has 0 radical (unpaired) electrons. The van der Waals surface area contributed by atoms with E-state index in [-0.39, 0.29) is 5.79 Å². The molecule has 7 rings (SSSR count). The molecule has 0 saturated carbocycles. The Bertz CT molecular complexity index is 821. The van der Waals surface area contributed by atoms with Crippen LogP contribution in [0.25, 0.3) is 0 Å². The molecule has 10 heteroatoms. The van der Waals surface area contributed by atoms with Gasteiger partial charge in [0.15, 0.2) is 5.82 Å². The molecule has 0 bridgehead atoms. The zero-order valence-corrected chi connectivity index (χ0v) is 19.1. The van der Waals surface area contributed by atoms with Crippen LogP contribution in [0.4, 0.5) is 0 Å². The van der Waals surface area contributed by atoms with Crippen molar-refractivity contribution in [2.75, 3.05) is 78.7 Å².